The zero-order chi connectivity index (χ0) is 11.1. The molecule has 0 fully saturated rings. The number of hydrogen-bond donors (Lipinski definition) is 1. The molecule has 3 heteroatoms. The molecule has 0 unspecified atom stereocenters. The van der Waals surface area contributed by atoms with Gasteiger partial charge in [-0.3, -0.25) is 0 Å². The maximum Gasteiger partial charge on any atom is 0.231 e. The lowest BCUT2D eigenvalue weighted by Gasteiger charge is -2.05. The van der Waals surface area contributed by atoms with E-state index in [-0.39, 0.29) is 6.04 Å². The number of rotatable bonds is 2. The highest BCUT2D eigenvalue weighted by Crippen LogP contribution is 2.32. The first kappa shape index (κ1) is 6.27. The van der Waals surface area contributed by atoms with Crippen molar-refractivity contribution in [3.05, 3.63) is 23.8 Å². The van der Waals surface area contributed by atoms with Crippen molar-refractivity contribution in [1.82, 2.24) is 0 Å². The molecule has 1 aromatic carbocycles. The van der Waals surface area contributed by atoms with E-state index in [0.29, 0.717) is 11.5 Å². The maximum atomic E-state index is 7.28. The first-order valence-corrected chi connectivity index (χ1v) is 4.23. The lowest BCUT2D eigenvalue weighted by atomic mass is 10.1. The predicted molar refractivity (Wildman–Crippen MR) is 49.9 cm³/mol. The van der Waals surface area contributed by atoms with Crippen molar-refractivity contribution in [3.8, 4) is 11.5 Å². The Labute approximate surface area is 80.3 Å². The van der Waals surface area contributed by atoms with Gasteiger partial charge in [-0.05, 0) is 31.0 Å². The zero-order valence-electron chi connectivity index (χ0n) is 9.41. The Morgan fingerprint density at radius 2 is 2.31 bits per heavy atom. The average molecular weight is 181 g/mol. The summed E-state index contributed by atoms with van der Waals surface area (Å²) in [5.74, 6) is 0.881. The van der Waals surface area contributed by atoms with Crippen LogP contribution >= 0.6 is 0 Å². The second-order valence-electron chi connectivity index (χ2n) is 3.25. The topological polar surface area (TPSA) is 44.5 Å². The number of ether oxygens (including phenoxy) is 2. The van der Waals surface area contributed by atoms with Crippen LogP contribution in [0.25, 0.3) is 0 Å². The van der Waals surface area contributed by atoms with Gasteiger partial charge in [-0.1, -0.05) is 6.07 Å². The molecule has 13 heavy (non-hydrogen) atoms. The van der Waals surface area contributed by atoms with E-state index in [2.05, 4.69) is 0 Å². The van der Waals surface area contributed by atoms with Gasteiger partial charge < -0.3 is 15.2 Å². The van der Waals surface area contributed by atoms with Crippen molar-refractivity contribution in [2.24, 2.45) is 5.73 Å². The lowest BCUT2D eigenvalue weighted by Crippen LogP contribution is -2.17. The summed E-state index contributed by atoms with van der Waals surface area (Å²) in [6.45, 7) is -0.126. The van der Waals surface area contributed by atoms with Crippen LogP contribution in [-0.2, 0) is 6.42 Å². The molecule has 0 bridgehead atoms. The second-order valence-corrected chi connectivity index (χ2v) is 3.25. The Morgan fingerprint density at radius 3 is 3.08 bits per heavy atom. The summed E-state index contributed by atoms with van der Waals surface area (Å²) >= 11 is 0. The minimum Gasteiger partial charge on any atom is -0.454 e. The third-order valence-corrected chi connectivity index (χ3v) is 1.87. The number of hydrogen-bond acceptors (Lipinski definition) is 3. The normalized spacial score (nSPS) is 22.0. The summed E-state index contributed by atoms with van der Waals surface area (Å²) < 4.78 is 24.5. The van der Waals surface area contributed by atoms with Crippen LogP contribution in [0.15, 0.2) is 18.2 Å². The van der Waals surface area contributed by atoms with E-state index in [1.807, 2.05) is 13.0 Å². The fraction of sp³-hybridized carbons (Fsp3) is 0.400. The smallest absolute Gasteiger partial charge is 0.231 e. The van der Waals surface area contributed by atoms with E-state index in [0.717, 1.165) is 12.0 Å². The first-order valence-electron chi connectivity index (χ1n) is 5.23. The average Bonchev–Trinajstić information content (AvgIpc) is 2.36. The lowest BCUT2D eigenvalue weighted by molar-refractivity contribution is 0.174. The molecule has 0 amide bonds. The van der Waals surface area contributed by atoms with Crippen LogP contribution in [0.4, 0.5) is 0 Å². The second kappa shape index (κ2) is 3.26. The van der Waals surface area contributed by atoms with Gasteiger partial charge in [0.05, 0.1) is 0 Å². The minimum atomic E-state index is -2.05. The highest BCUT2D eigenvalue weighted by molar-refractivity contribution is 5.44. The Hall–Kier alpha value is -1.22. The molecule has 1 aromatic rings. The van der Waals surface area contributed by atoms with E-state index in [9.17, 15) is 0 Å². The van der Waals surface area contributed by atoms with Gasteiger partial charge in [0, 0.05) is 6.04 Å². The molecule has 2 rings (SSSR count). The van der Waals surface area contributed by atoms with Crippen LogP contribution in [0.2, 0.25) is 0 Å². The zero-order valence-corrected chi connectivity index (χ0v) is 7.41. The molecule has 0 radical (unpaired) electrons. The van der Waals surface area contributed by atoms with Crippen LogP contribution in [0.5, 0.6) is 11.5 Å². The first-order chi connectivity index (χ1) is 6.96. The van der Waals surface area contributed by atoms with Crippen LogP contribution in [0.1, 0.15) is 15.2 Å². The Balaban J connectivity index is 2.23. The van der Waals surface area contributed by atoms with Crippen molar-refractivity contribution in [2.75, 3.05) is 6.75 Å². The highest BCUT2D eigenvalue weighted by atomic mass is 16.7. The molecular formula is C10H13NO2. The molecule has 0 spiro atoms. The van der Waals surface area contributed by atoms with E-state index >= 15 is 0 Å². The minimum absolute atomic E-state index is 0.0714. The quantitative estimate of drug-likeness (QED) is 0.748. The van der Waals surface area contributed by atoms with Gasteiger partial charge in [0.1, 0.15) is 2.74 Å². The van der Waals surface area contributed by atoms with Crippen molar-refractivity contribution in [2.45, 2.75) is 19.4 Å². The SMILES string of the molecule is [2H]C1([2H])Oc2ccc(C[C@H](C)N)cc2O1. The van der Waals surface area contributed by atoms with Crippen LogP contribution < -0.4 is 15.2 Å². The van der Waals surface area contributed by atoms with Gasteiger partial charge >= 0.3 is 0 Å². The molecular weight excluding hydrogens is 166 g/mol. The third kappa shape index (κ3) is 1.75. The molecule has 1 aliphatic rings. The fourth-order valence-corrected chi connectivity index (χ4v) is 1.33. The summed E-state index contributed by atoms with van der Waals surface area (Å²) in [7, 11) is 0. The van der Waals surface area contributed by atoms with Gasteiger partial charge in [-0.25, -0.2) is 0 Å². The van der Waals surface area contributed by atoms with Gasteiger partial charge in [-0.2, -0.15) is 0 Å². The van der Waals surface area contributed by atoms with E-state index in [1.54, 1.807) is 12.1 Å². The number of fused-ring (bicyclic) bond motifs is 1. The van der Waals surface area contributed by atoms with E-state index in [1.165, 1.54) is 0 Å². The van der Waals surface area contributed by atoms with E-state index in [4.69, 9.17) is 17.9 Å². The molecule has 70 valence electrons. The summed E-state index contributed by atoms with van der Waals surface area (Å²) in [5.41, 5.74) is 6.70. The summed E-state index contributed by atoms with van der Waals surface area (Å²) in [6, 6.07) is 5.41. The molecule has 0 aromatic heterocycles. The molecule has 0 saturated carbocycles. The Kier molecular flexibility index (Phi) is 1.57. The molecule has 0 aliphatic carbocycles. The van der Waals surface area contributed by atoms with Crippen molar-refractivity contribution in [3.63, 3.8) is 0 Å². The van der Waals surface area contributed by atoms with Crippen LogP contribution in [0, 0.1) is 0 Å². The molecule has 3 nitrogen and oxygen atoms in total. The highest BCUT2D eigenvalue weighted by Gasteiger charge is 2.13. The van der Waals surface area contributed by atoms with Gasteiger partial charge in [-0.15, -0.1) is 0 Å². The number of benzene rings is 1. The maximum absolute atomic E-state index is 7.28. The molecule has 1 atom stereocenters. The van der Waals surface area contributed by atoms with Gasteiger partial charge in [0.25, 0.3) is 0 Å². The van der Waals surface area contributed by atoms with Gasteiger partial charge in [0.15, 0.2) is 11.5 Å². The third-order valence-electron chi connectivity index (χ3n) is 1.87. The Bertz CT molecular complexity index is 380. The Morgan fingerprint density at radius 1 is 1.54 bits per heavy atom. The van der Waals surface area contributed by atoms with Crippen LogP contribution in [-0.4, -0.2) is 12.8 Å². The van der Waals surface area contributed by atoms with Crippen molar-refractivity contribution >= 4 is 0 Å². The summed E-state index contributed by atoms with van der Waals surface area (Å²) in [5, 5.41) is 0. The molecule has 2 N–H and O–H groups in total. The van der Waals surface area contributed by atoms with Gasteiger partial charge in [0.2, 0.25) is 6.75 Å². The fourth-order valence-electron chi connectivity index (χ4n) is 1.33. The summed E-state index contributed by atoms with van der Waals surface area (Å²) in [4.78, 5) is 0. The predicted octanol–water partition coefficient (Wildman–Crippen LogP) is 1.30. The monoisotopic (exact) mass is 181 g/mol. The molecule has 1 heterocycles. The largest absolute Gasteiger partial charge is 0.454 e. The summed E-state index contributed by atoms with van der Waals surface area (Å²) in [6.07, 6.45) is 0.736. The van der Waals surface area contributed by atoms with Crippen molar-refractivity contribution < 1.29 is 12.2 Å². The number of nitrogens with two attached hydrogens (primary N) is 1. The van der Waals surface area contributed by atoms with E-state index < -0.39 is 6.75 Å². The standard InChI is InChI=1S/C10H13NO2/c1-7(11)4-8-2-3-9-10(5-8)13-6-12-9/h2-3,5,7H,4,6,11H2,1H3/t7-/m0/s1/i6D2. The molecule has 1 aliphatic heterocycles. The van der Waals surface area contributed by atoms with Crippen molar-refractivity contribution in [1.29, 1.82) is 0 Å². The molecule has 0 saturated heterocycles. The van der Waals surface area contributed by atoms with Crippen LogP contribution in [0.3, 0.4) is 0 Å².